The first-order chi connectivity index (χ1) is 9.21. The molecule has 6 heteroatoms. The lowest BCUT2D eigenvalue weighted by Gasteiger charge is -2.18. The summed E-state index contributed by atoms with van der Waals surface area (Å²) in [6.07, 6.45) is 1.69. The van der Waals surface area contributed by atoms with Gasteiger partial charge in [-0.15, -0.1) is 30.6 Å². The van der Waals surface area contributed by atoms with E-state index in [0.29, 0.717) is 24.1 Å². The van der Waals surface area contributed by atoms with Crippen LogP contribution < -0.4 is 10.6 Å². The van der Waals surface area contributed by atoms with E-state index in [1.54, 1.807) is 20.2 Å². The fourth-order valence-electron chi connectivity index (χ4n) is 1.62. The maximum atomic E-state index is 5.98. The molecular weight excluding hydrogens is 389 g/mol. The Hall–Kier alpha value is -0.790. The molecule has 0 fully saturated rings. The second-order valence-electron chi connectivity index (χ2n) is 3.90. The summed E-state index contributed by atoms with van der Waals surface area (Å²) in [6.45, 7) is 4.92. The highest BCUT2D eigenvalue weighted by Gasteiger charge is 2.11. The Kier molecular flexibility index (Phi) is 10.5. The van der Waals surface area contributed by atoms with E-state index in [4.69, 9.17) is 16.3 Å². The average Bonchev–Trinajstić information content (AvgIpc) is 2.43. The summed E-state index contributed by atoms with van der Waals surface area (Å²) in [5.41, 5.74) is 1.03. The summed E-state index contributed by atoms with van der Waals surface area (Å²) in [7, 11) is 3.40. The van der Waals surface area contributed by atoms with Gasteiger partial charge in [0.15, 0.2) is 5.96 Å². The second kappa shape index (κ2) is 10.9. The van der Waals surface area contributed by atoms with Crippen LogP contribution in [0.4, 0.5) is 0 Å². The minimum Gasteiger partial charge on any atom is -0.375 e. The zero-order chi connectivity index (χ0) is 14.1. The van der Waals surface area contributed by atoms with Crippen molar-refractivity contribution < 1.29 is 4.74 Å². The van der Waals surface area contributed by atoms with Gasteiger partial charge in [-0.1, -0.05) is 29.8 Å². The molecule has 0 aliphatic heterocycles. The Bertz CT molecular complexity index is 440. The predicted octanol–water partition coefficient (Wildman–Crippen LogP) is 3.00. The molecule has 0 heterocycles. The Morgan fingerprint density at radius 2 is 2.25 bits per heavy atom. The molecule has 0 spiro atoms. The van der Waals surface area contributed by atoms with Gasteiger partial charge in [0, 0.05) is 32.3 Å². The molecule has 1 rings (SSSR count). The first kappa shape index (κ1) is 19.2. The van der Waals surface area contributed by atoms with Crippen LogP contribution >= 0.6 is 35.6 Å². The number of hydrogen-bond acceptors (Lipinski definition) is 2. The van der Waals surface area contributed by atoms with Crippen molar-refractivity contribution in [1.29, 1.82) is 0 Å². The number of methoxy groups -OCH3 is 1. The highest BCUT2D eigenvalue weighted by Crippen LogP contribution is 2.19. The van der Waals surface area contributed by atoms with E-state index in [1.165, 1.54) is 0 Å². The van der Waals surface area contributed by atoms with Gasteiger partial charge >= 0.3 is 0 Å². The quantitative estimate of drug-likeness (QED) is 0.329. The lowest BCUT2D eigenvalue weighted by molar-refractivity contribution is 0.106. The molecule has 4 nitrogen and oxygen atoms in total. The van der Waals surface area contributed by atoms with Gasteiger partial charge in [0.25, 0.3) is 0 Å². The molecule has 0 aliphatic carbocycles. The molecule has 0 saturated heterocycles. The molecule has 112 valence electrons. The van der Waals surface area contributed by atoms with E-state index in [1.807, 2.05) is 24.3 Å². The molecule has 1 unspecified atom stereocenters. The van der Waals surface area contributed by atoms with E-state index < -0.39 is 0 Å². The van der Waals surface area contributed by atoms with E-state index in [9.17, 15) is 0 Å². The van der Waals surface area contributed by atoms with Crippen LogP contribution in [0, 0.1) is 0 Å². The van der Waals surface area contributed by atoms with Crippen LogP contribution in [0.2, 0.25) is 5.02 Å². The normalized spacial score (nSPS) is 12.2. The highest BCUT2D eigenvalue weighted by atomic mass is 127. The van der Waals surface area contributed by atoms with E-state index in [2.05, 4.69) is 22.2 Å². The summed E-state index contributed by atoms with van der Waals surface area (Å²) in [6, 6.07) is 7.64. The van der Waals surface area contributed by atoms with Gasteiger partial charge in [-0.25, -0.2) is 0 Å². The molecule has 0 aliphatic rings. The van der Waals surface area contributed by atoms with E-state index in [0.717, 1.165) is 5.56 Å². The monoisotopic (exact) mass is 409 g/mol. The number of guanidine groups is 1. The Morgan fingerprint density at radius 1 is 1.50 bits per heavy atom. The van der Waals surface area contributed by atoms with Crippen LogP contribution in [0.25, 0.3) is 0 Å². The third-order valence-electron chi connectivity index (χ3n) is 2.60. The molecule has 0 saturated carbocycles. The standard InChI is InChI=1S/C14H20ClN3O.HI/c1-4-8-17-14(16-2)18-10-13(19-3)11-6-5-7-12(15)9-11;/h4-7,9,13H,1,8,10H2,2-3H3,(H2,16,17,18);1H. The maximum Gasteiger partial charge on any atom is 0.191 e. The number of nitrogens with one attached hydrogen (secondary N) is 2. The number of aliphatic imine (C=N–C) groups is 1. The fourth-order valence-corrected chi connectivity index (χ4v) is 1.82. The van der Waals surface area contributed by atoms with Crippen molar-refractivity contribution in [1.82, 2.24) is 10.6 Å². The van der Waals surface area contributed by atoms with Crippen LogP contribution in [-0.4, -0.2) is 33.2 Å². The second-order valence-corrected chi connectivity index (χ2v) is 4.34. The molecule has 0 bridgehead atoms. The zero-order valence-electron chi connectivity index (χ0n) is 11.7. The number of ether oxygens (including phenoxy) is 1. The van der Waals surface area contributed by atoms with Crippen molar-refractivity contribution in [2.45, 2.75) is 6.10 Å². The largest absolute Gasteiger partial charge is 0.375 e. The Balaban J connectivity index is 0.00000361. The van der Waals surface area contributed by atoms with Crippen molar-refractivity contribution in [3.8, 4) is 0 Å². The van der Waals surface area contributed by atoms with Crippen molar-refractivity contribution in [3.63, 3.8) is 0 Å². The molecule has 1 aromatic carbocycles. The number of nitrogens with zero attached hydrogens (tertiary/aromatic N) is 1. The van der Waals surface area contributed by atoms with Crippen LogP contribution in [0.3, 0.4) is 0 Å². The van der Waals surface area contributed by atoms with Crippen LogP contribution in [-0.2, 0) is 4.74 Å². The van der Waals surface area contributed by atoms with Gasteiger partial charge in [-0.3, -0.25) is 4.99 Å². The summed E-state index contributed by atoms with van der Waals surface area (Å²) in [5.74, 6) is 0.712. The van der Waals surface area contributed by atoms with Gasteiger partial charge in [0.05, 0.1) is 6.10 Å². The third kappa shape index (κ3) is 6.58. The summed E-state index contributed by atoms with van der Waals surface area (Å²) in [4.78, 5) is 4.11. The molecule has 0 aromatic heterocycles. The van der Waals surface area contributed by atoms with Gasteiger partial charge in [-0.05, 0) is 17.7 Å². The Labute approximate surface area is 142 Å². The van der Waals surface area contributed by atoms with Crippen LogP contribution in [0.5, 0.6) is 0 Å². The summed E-state index contributed by atoms with van der Waals surface area (Å²) in [5, 5.41) is 7.00. The highest BCUT2D eigenvalue weighted by molar-refractivity contribution is 14.0. The van der Waals surface area contributed by atoms with Gasteiger partial charge in [0.2, 0.25) is 0 Å². The molecule has 1 aromatic rings. The minimum atomic E-state index is -0.0824. The van der Waals surface area contributed by atoms with Gasteiger partial charge in [-0.2, -0.15) is 0 Å². The van der Waals surface area contributed by atoms with Crippen molar-refractivity contribution in [2.24, 2.45) is 4.99 Å². The maximum absolute atomic E-state index is 5.98. The lowest BCUT2D eigenvalue weighted by Crippen LogP contribution is -2.39. The summed E-state index contributed by atoms with van der Waals surface area (Å²) < 4.78 is 5.47. The fraction of sp³-hybridized carbons (Fsp3) is 0.357. The van der Waals surface area contributed by atoms with Gasteiger partial charge < -0.3 is 15.4 Å². The predicted molar refractivity (Wildman–Crippen MR) is 96.2 cm³/mol. The Morgan fingerprint density at radius 3 is 2.80 bits per heavy atom. The summed E-state index contributed by atoms with van der Waals surface area (Å²) >= 11 is 5.98. The molecule has 20 heavy (non-hydrogen) atoms. The lowest BCUT2D eigenvalue weighted by atomic mass is 10.1. The molecule has 0 amide bonds. The first-order valence-corrected chi connectivity index (χ1v) is 6.42. The van der Waals surface area contributed by atoms with E-state index >= 15 is 0 Å². The smallest absolute Gasteiger partial charge is 0.191 e. The molecule has 1 atom stereocenters. The molecular formula is C14H21ClIN3O. The number of benzene rings is 1. The molecule has 0 radical (unpaired) electrons. The first-order valence-electron chi connectivity index (χ1n) is 6.05. The van der Waals surface area contributed by atoms with E-state index in [-0.39, 0.29) is 30.1 Å². The number of rotatable bonds is 6. The minimum absolute atomic E-state index is 0. The van der Waals surface area contributed by atoms with Crippen molar-refractivity contribution in [2.75, 3.05) is 27.2 Å². The van der Waals surface area contributed by atoms with Crippen molar-refractivity contribution >= 4 is 41.5 Å². The third-order valence-corrected chi connectivity index (χ3v) is 2.83. The van der Waals surface area contributed by atoms with Crippen LogP contribution in [0.15, 0.2) is 41.9 Å². The topological polar surface area (TPSA) is 45.7 Å². The van der Waals surface area contributed by atoms with Gasteiger partial charge in [0.1, 0.15) is 0 Å². The number of halogens is 2. The number of hydrogen-bond donors (Lipinski definition) is 2. The zero-order valence-corrected chi connectivity index (χ0v) is 14.8. The molecule has 2 N–H and O–H groups in total. The SMILES string of the molecule is C=CCNC(=NC)NCC(OC)c1cccc(Cl)c1.I. The van der Waals surface area contributed by atoms with Crippen LogP contribution in [0.1, 0.15) is 11.7 Å². The average molecular weight is 410 g/mol. The van der Waals surface area contributed by atoms with Crippen molar-refractivity contribution in [3.05, 3.63) is 47.5 Å².